The van der Waals surface area contributed by atoms with Crippen LogP contribution >= 0.6 is 0 Å². The quantitative estimate of drug-likeness (QED) is 0.703. The highest BCUT2D eigenvalue weighted by atomic mass is 16.4. The van der Waals surface area contributed by atoms with Crippen molar-refractivity contribution >= 4 is 17.3 Å². The first kappa shape index (κ1) is 11.8. The average Bonchev–Trinajstić information content (AvgIpc) is 2.68. The van der Waals surface area contributed by atoms with E-state index in [1.165, 1.54) is 18.9 Å². The minimum atomic E-state index is -0.949. The molecule has 0 aromatic heterocycles. The van der Waals surface area contributed by atoms with Gasteiger partial charge in [0, 0.05) is 5.54 Å². The van der Waals surface area contributed by atoms with Crippen LogP contribution in [0.1, 0.15) is 43.0 Å². The van der Waals surface area contributed by atoms with Crippen LogP contribution < -0.4 is 11.1 Å². The molecule has 0 aliphatic heterocycles. The van der Waals surface area contributed by atoms with Crippen LogP contribution in [0.3, 0.4) is 0 Å². The highest BCUT2D eigenvalue weighted by Gasteiger charge is 2.28. The maximum Gasteiger partial charge on any atom is 0.335 e. The molecule has 0 bridgehead atoms. The van der Waals surface area contributed by atoms with Crippen LogP contribution in [0.4, 0.5) is 11.4 Å². The van der Waals surface area contributed by atoms with Crippen LogP contribution in [0.2, 0.25) is 0 Å². The number of rotatable bonds is 3. The summed E-state index contributed by atoms with van der Waals surface area (Å²) in [5.41, 5.74) is 7.52. The monoisotopic (exact) mass is 234 g/mol. The first-order chi connectivity index (χ1) is 8.00. The van der Waals surface area contributed by atoms with E-state index in [4.69, 9.17) is 10.8 Å². The maximum absolute atomic E-state index is 10.8. The van der Waals surface area contributed by atoms with Crippen LogP contribution in [0.5, 0.6) is 0 Å². The first-order valence-electron chi connectivity index (χ1n) is 5.91. The molecule has 4 heteroatoms. The van der Waals surface area contributed by atoms with E-state index in [-0.39, 0.29) is 11.1 Å². The molecule has 4 nitrogen and oxygen atoms in total. The van der Waals surface area contributed by atoms with Crippen LogP contribution in [0, 0.1) is 0 Å². The van der Waals surface area contributed by atoms with Gasteiger partial charge in [0.1, 0.15) is 0 Å². The second kappa shape index (κ2) is 4.28. The van der Waals surface area contributed by atoms with Crippen LogP contribution in [0.25, 0.3) is 0 Å². The number of aromatic carboxylic acids is 1. The summed E-state index contributed by atoms with van der Waals surface area (Å²) in [4.78, 5) is 10.8. The number of carbonyl (C=O) groups is 1. The van der Waals surface area contributed by atoms with Crippen LogP contribution in [-0.4, -0.2) is 16.6 Å². The van der Waals surface area contributed by atoms with Crippen molar-refractivity contribution in [3.8, 4) is 0 Å². The smallest absolute Gasteiger partial charge is 0.335 e. The number of nitrogens with two attached hydrogens (primary N) is 1. The highest BCUT2D eigenvalue weighted by Crippen LogP contribution is 2.34. The molecule has 1 aromatic carbocycles. The number of nitrogen functional groups attached to an aromatic ring is 1. The number of hydrogen-bond acceptors (Lipinski definition) is 3. The third-order valence-electron chi connectivity index (χ3n) is 3.44. The van der Waals surface area contributed by atoms with Crippen molar-refractivity contribution in [1.82, 2.24) is 0 Å². The summed E-state index contributed by atoms with van der Waals surface area (Å²) >= 11 is 0. The average molecular weight is 234 g/mol. The lowest BCUT2D eigenvalue weighted by Crippen LogP contribution is -2.31. The predicted octanol–water partition coefficient (Wildman–Crippen LogP) is 2.71. The summed E-state index contributed by atoms with van der Waals surface area (Å²) < 4.78 is 0. The van der Waals surface area contributed by atoms with E-state index >= 15 is 0 Å². The molecule has 0 unspecified atom stereocenters. The van der Waals surface area contributed by atoms with Gasteiger partial charge in [-0.15, -0.1) is 0 Å². The van der Waals surface area contributed by atoms with E-state index in [9.17, 15) is 4.79 Å². The number of carboxylic acids is 1. The lowest BCUT2D eigenvalue weighted by atomic mass is 10.00. The van der Waals surface area contributed by atoms with E-state index in [1.807, 2.05) is 0 Å². The van der Waals surface area contributed by atoms with Crippen molar-refractivity contribution in [3.05, 3.63) is 23.8 Å². The van der Waals surface area contributed by atoms with Crippen molar-refractivity contribution < 1.29 is 9.90 Å². The summed E-state index contributed by atoms with van der Waals surface area (Å²) in [6, 6.07) is 4.84. The molecule has 1 aliphatic carbocycles. The zero-order chi connectivity index (χ0) is 12.5. The van der Waals surface area contributed by atoms with Crippen LogP contribution in [-0.2, 0) is 0 Å². The van der Waals surface area contributed by atoms with E-state index in [2.05, 4.69) is 12.2 Å². The largest absolute Gasteiger partial charge is 0.478 e. The van der Waals surface area contributed by atoms with Crippen molar-refractivity contribution in [3.63, 3.8) is 0 Å². The Hall–Kier alpha value is -1.71. The van der Waals surface area contributed by atoms with Gasteiger partial charge >= 0.3 is 5.97 Å². The SMILES string of the molecule is CC1(Nc2ccc(C(=O)O)cc2N)CCCC1. The van der Waals surface area contributed by atoms with Crippen molar-refractivity contribution in [1.29, 1.82) is 0 Å². The molecule has 92 valence electrons. The fourth-order valence-electron chi connectivity index (χ4n) is 2.42. The summed E-state index contributed by atoms with van der Waals surface area (Å²) in [6.07, 6.45) is 4.73. The number of carboxylic acid groups (broad SMARTS) is 1. The summed E-state index contributed by atoms with van der Waals surface area (Å²) in [5.74, 6) is -0.949. The molecule has 0 heterocycles. The summed E-state index contributed by atoms with van der Waals surface area (Å²) in [7, 11) is 0. The van der Waals surface area contributed by atoms with Gasteiger partial charge in [0.25, 0.3) is 0 Å². The zero-order valence-electron chi connectivity index (χ0n) is 9.99. The Balaban J connectivity index is 2.19. The van der Waals surface area contributed by atoms with Gasteiger partial charge in [0.15, 0.2) is 0 Å². The fourth-order valence-corrected chi connectivity index (χ4v) is 2.42. The van der Waals surface area contributed by atoms with Crippen molar-refractivity contribution in [2.45, 2.75) is 38.1 Å². The number of nitrogens with one attached hydrogen (secondary N) is 1. The van der Waals surface area contributed by atoms with E-state index in [1.54, 1.807) is 12.1 Å². The summed E-state index contributed by atoms with van der Waals surface area (Å²) in [5, 5.41) is 12.3. The van der Waals surface area contributed by atoms with Crippen molar-refractivity contribution in [2.75, 3.05) is 11.1 Å². The van der Waals surface area contributed by atoms with Gasteiger partial charge in [-0.1, -0.05) is 12.8 Å². The zero-order valence-corrected chi connectivity index (χ0v) is 9.99. The Morgan fingerprint density at radius 2 is 2.06 bits per heavy atom. The number of anilines is 2. The Labute approximate surface area is 101 Å². The molecule has 0 amide bonds. The maximum atomic E-state index is 10.8. The summed E-state index contributed by atoms with van der Waals surface area (Å²) in [6.45, 7) is 2.19. The number of hydrogen-bond donors (Lipinski definition) is 3. The van der Waals surface area contributed by atoms with Gasteiger partial charge in [0.2, 0.25) is 0 Å². The Morgan fingerprint density at radius 1 is 1.41 bits per heavy atom. The lowest BCUT2D eigenvalue weighted by molar-refractivity contribution is 0.0697. The second-order valence-corrected chi connectivity index (χ2v) is 5.00. The van der Waals surface area contributed by atoms with Crippen LogP contribution in [0.15, 0.2) is 18.2 Å². The van der Waals surface area contributed by atoms with Gasteiger partial charge in [-0.3, -0.25) is 0 Å². The minimum absolute atomic E-state index is 0.0961. The van der Waals surface area contributed by atoms with Gasteiger partial charge in [-0.05, 0) is 38.0 Å². The molecular weight excluding hydrogens is 216 g/mol. The molecule has 0 saturated heterocycles. The molecule has 1 aliphatic rings. The molecule has 17 heavy (non-hydrogen) atoms. The fraction of sp³-hybridized carbons (Fsp3) is 0.462. The van der Waals surface area contributed by atoms with E-state index < -0.39 is 5.97 Å². The van der Waals surface area contributed by atoms with Gasteiger partial charge < -0.3 is 16.2 Å². The topological polar surface area (TPSA) is 75.3 Å². The molecule has 0 atom stereocenters. The Morgan fingerprint density at radius 3 is 2.59 bits per heavy atom. The van der Waals surface area contributed by atoms with Gasteiger partial charge in [-0.25, -0.2) is 4.79 Å². The standard InChI is InChI=1S/C13H18N2O2/c1-13(6-2-3-7-13)15-11-5-4-9(12(16)17)8-10(11)14/h4-5,8,15H,2-3,6-7,14H2,1H3,(H,16,17). The third-order valence-corrected chi connectivity index (χ3v) is 3.44. The Bertz CT molecular complexity index is 437. The van der Waals surface area contributed by atoms with Gasteiger partial charge in [0.05, 0.1) is 16.9 Å². The first-order valence-corrected chi connectivity index (χ1v) is 5.91. The van der Waals surface area contributed by atoms with Gasteiger partial charge in [-0.2, -0.15) is 0 Å². The minimum Gasteiger partial charge on any atom is -0.478 e. The second-order valence-electron chi connectivity index (χ2n) is 5.00. The molecule has 0 spiro atoms. The molecule has 2 rings (SSSR count). The molecule has 1 aromatic rings. The molecule has 1 saturated carbocycles. The molecule has 1 fully saturated rings. The van der Waals surface area contributed by atoms with Crippen molar-refractivity contribution in [2.24, 2.45) is 0 Å². The molecular formula is C13H18N2O2. The van der Waals surface area contributed by atoms with E-state index in [0.29, 0.717) is 5.69 Å². The molecule has 4 N–H and O–H groups in total. The normalized spacial score (nSPS) is 17.9. The number of benzene rings is 1. The molecule has 0 radical (unpaired) electrons. The van der Waals surface area contributed by atoms with E-state index in [0.717, 1.165) is 18.5 Å². The lowest BCUT2D eigenvalue weighted by Gasteiger charge is -2.27. The predicted molar refractivity (Wildman–Crippen MR) is 68.3 cm³/mol. The Kier molecular flexibility index (Phi) is 2.96. The highest BCUT2D eigenvalue weighted by molar-refractivity contribution is 5.90. The third kappa shape index (κ3) is 2.52.